The molecule has 1 aliphatic heterocycles. The highest BCUT2D eigenvalue weighted by Crippen LogP contribution is 2.46. The molecule has 3 N–H and O–H groups in total. The molecule has 0 radical (unpaired) electrons. The molecule has 1 fully saturated rings. The Kier molecular flexibility index (Phi) is 3.86. The molecule has 0 spiro atoms. The summed E-state index contributed by atoms with van der Waals surface area (Å²) >= 11 is 5.81. The Morgan fingerprint density at radius 2 is 1.81 bits per heavy atom. The minimum atomic E-state index is -1.66. The van der Waals surface area contributed by atoms with Crippen LogP contribution in [0.5, 0.6) is 0 Å². The van der Waals surface area contributed by atoms with Gasteiger partial charge in [0.25, 0.3) is 0 Å². The fourth-order valence-electron chi connectivity index (χ4n) is 2.76. The van der Waals surface area contributed by atoms with Gasteiger partial charge in [-0.25, -0.2) is 4.79 Å². The molecule has 1 aliphatic rings. The number of benzene rings is 1. The maximum atomic E-state index is 11.7. The van der Waals surface area contributed by atoms with Crippen molar-refractivity contribution in [3.05, 3.63) is 34.9 Å². The van der Waals surface area contributed by atoms with E-state index < -0.39 is 23.1 Å². The molecule has 114 valence electrons. The highest BCUT2D eigenvalue weighted by molar-refractivity contribution is 6.30. The second kappa shape index (κ2) is 5.20. The zero-order valence-electron chi connectivity index (χ0n) is 11.4. The molecule has 0 bridgehead atoms. The van der Waals surface area contributed by atoms with E-state index in [9.17, 15) is 19.8 Å². The number of carbonyl (C=O) groups is 2. The van der Waals surface area contributed by atoms with E-state index in [4.69, 9.17) is 16.7 Å². The molecule has 0 saturated carbocycles. The zero-order valence-corrected chi connectivity index (χ0v) is 12.2. The molecule has 0 aromatic heterocycles. The molecule has 1 heterocycles. The molecule has 1 saturated heterocycles. The molecular weight excluding hydrogens is 298 g/mol. The lowest BCUT2D eigenvalue weighted by molar-refractivity contribution is -0.180. The molecule has 1 aromatic rings. The van der Waals surface area contributed by atoms with E-state index in [2.05, 4.69) is 0 Å². The summed E-state index contributed by atoms with van der Waals surface area (Å²) in [5.74, 6) is -1.24. The Hall–Kier alpha value is -1.79. The Balaban J connectivity index is 2.48. The Bertz CT molecular complexity index is 575. The SMILES string of the molecule is CC1(C(=O)O)CN(C(=O)O)CCC1(O)c1ccc(Cl)cc1. The van der Waals surface area contributed by atoms with E-state index in [-0.39, 0.29) is 19.5 Å². The first-order valence-electron chi connectivity index (χ1n) is 6.40. The van der Waals surface area contributed by atoms with Crippen molar-refractivity contribution in [2.75, 3.05) is 13.1 Å². The van der Waals surface area contributed by atoms with Crippen LogP contribution >= 0.6 is 11.6 Å². The standard InChI is InChI=1S/C14H16ClNO5/c1-13(11(17)18)8-16(12(19)20)7-6-14(13,21)9-2-4-10(15)5-3-9/h2-5,21H,6-8H2,1H3,(H,17,18)(H,19,20). The van der Waals surface area contributed by atoms with Gasteiger partial charge in [-0.3, -0.25) is 4.79 Å². The van der Waals surface area contributed by atoms with Gasteiger partial charge in [-0.1, -0.05) is 23.7 Å². The smallest absolute Gasteiger partial charge is 0.407 e. The van der Waals surface area contributed by atoms with E-state index in [1.54, 1.807) is 24.3 Å². The number of hydrogen-bond acceptors (Lipinski definition) is 3. The first-order chi connectivity index (χ1) is 9.70. The molecule has 2 rings (SSSR count). The second-order valence-corrected chi connectivity index (χ2v) is 5.89. The number of nitrogens with zero attached hydrogens (tertiary/aromatic N) is 1. The molecule has 1 aromatic carbocycles. The van der Waals surface area contributed by atoms with Crippen LogP contribution in [0.3, 0.4) is 0 Å². The van der Waals surface area contributed by atoms with Crippen LogP contribution in [0.4, 0.5) is 4.79 Å². The summed E-state index contributed by atoms with van der Waals surface area (Å²) in [4.78, 5) is 23.8. The van der Waals surface area contributed by atoms with Crippen LogP contribution in [0.2, 0.25) is 5.02 Å². The van der Waals surface area contributed by atoms with Crippen LogP contribution in [0.15, 0.2) is 24.3 Å². The third-order valence-electron chi connectivity index (χ3n) is 4.23. The number of piperidine rings is 1. The van der Waals surface area contributed by atoms with Gasteiger partial charge in [0, 0.05) is 18.1 Å². The summed E-state index contributed by atoms with van der Waals surface area (Å²) in [6.07, 6.45) is -1.19. The molecule has 21 heavy (non-hydrogen) atoms. The van der Waals surface area contributed by atoms with Gasteiger partial charge in [0.05, 0.1) is 0 Å². The minimum absolute atomic E-state index is 0.00370. The molecule has 7 heteroatoms. The average molecular weight is 314 g/mol. The predicted molar refractivity (Wildman–Crippen MR) is 75.3 cm³/mol. The third kappa shape index (κ3) is 2.45. The van der Waals surface area contributed by atoms with E-state index in [0.717, 1.165) is 4.90 Å². The quantitative estimate of drug-likeness (QED) is 0.775. The van der Waals surface area contributed by atoms with E-state index in [1.807, 2.05) is 0 Å². The van der Waals surface area contributed by atoms with Crippen LogP contribution in [0.1, 0.15) is 18.9 Å². The van der Waals surface area contributed by atoms with Gasteiger partial charge < -0.3 is 20.2 Å². The van der Waals surface area contributed by atoms with Crippen molar-refractivity contribution in [1.29, 1.82) is 0 Å². The molecule has 2 unspecified atom stereocenters. The summed E-state index contributed by atoms with van der Waals surface area (Å²) in [7, 11) is 0. The maximum Gasteiger partial charge on any atom is 0.407 e. The lowest BCUT2D eigenvalue weighted by Crippen LogP contribution is -2.61. The van der Waals surface area contributed by atoms with Gasteiger partial charge in [-0.15, -0.1) is 0 Å². The summed E-state index contributed by atoms with van der Waals surface area (Å²) in [6.45, 7) is 1.15. The van der Waals surface area contributed by atoms with E-state index >= 15 is 0 Å². The normalized spacial score (nSPS) is 29.2. The highest BCUT2D eigenvalue weighted by atomic mass is 35.5. The van der Waals surface area contributed by atoms with Crippen molar-refractivity contribution in [3.8, 4) is 0 Å². The van der Waals surface area contributed by atoms with Crippen LogP contribution in [0, 0.1) is 5.41 Å². The number of hydrogen-bond donors (Lipinski definition) is 3. The van der Waals surface area contributed by atoms with Crippen molar-refractivity contribution in [3.63, 3.8) is 0 Å². The largest absolute Gasteiger partial charge is 0.481 e. The fourth-order valence-corrected chi connectivity index (χ4v) is 2.89. The Labute approximate surface area is 126 Å². The highest BCUT2D eigenvalue weighted by Gasteiger charge is 2.57. The van der Waals surface area contributed by atoms with Gasteiger partial charge in [0.15, 0.2) is 0 Å². The van der Waals surface area contributed by atoms with Gasteiger partial charge in [0.2, 0.25) is 0 Å². The number of amides is 1. The zero-order chi connectivity index (χ0) is 15.8. The van der Waals surface area contributed by atoms with Crippen molar-refractivity contribution < 1.29 is 24.9 Å². The molecule has 1 amide bonds. The Morgan fingerprint density at radius 3 is 2.29 bits per heavy atom. The van der Waals surface area contributed by atoms with Crippen LogP contribution in [0.25, 0.3) is 0 Å². The number of aliphatic hydroxyl groups is 1. The predicted octanol–water partition coefficient (Wildman–Crippen LogP) is 2.00. The number of halogens is 1. The number of carboxylic acids is 1. The number of likely N-dealkylation sites (tertiary alicyclic amines) is 1. The van der Waals surface area contributed by atoms with Gasteiger partial charge in [-0.2, -0.15) is 0 Å². The first-order valence-corrected chi connectivity index (χ1v) is 6.78. The lowest BCUT2D eigenvalue weighted by Gasteiger charge is -2.48. The van der Waals surface area contributed by atoms with E-state index in [1.165, 1.54) is 6.92 Å². The van der Waals surface area contributed by atoms with Gasteiger partial charge in [-0.05, 0) is 31.0 Å². The molecule has 6 nitrogen and oxygen atoms in total. The second-order valence-electron chi connectivity index (χ2n) is 5.46. The first kappa shape index (κ1) is 15.6. The molecular formula is C14H16ClNO5. The molecule has 2 atom stereocenters. The van der Waals surface area contributed by atoms with Crippen molar-refractivity contribution in [2.45, 2.75) is 18.9 Å². The number of rotatable bonds is 2. The summed E-state index contributed by atoms with van der Waals surface area (Å²) < 4.78 is 0. The van der Waals surface area contributed by atoms with E-state index in [0.29, 0.717) is 10.6 Å². The van der Waals surface area contributed by atoms with Gasteiger partial charge >= 0.3 is 12.1 Å². The lowest BCUT2D eigenvalue weighted by atomic mass is 9.65. The van der Waals surface area contributed by atoms with Gasteiger partial charge in [0.1, 0.15) is 11.0 Å². The van der Waals surface area contributed by atoms with Crippen LogP contribution in [-0.2, 0) is 10.4 Å². The number of carboxylic acid groups (broad SMARTS) is 2. The minimum Gasteiger partial charge on any atom is -0.481 e. The molecule has 0 aliphatic carbocycles. The summed E-state index contributed by atoms with van der Waals surface area (Å²) in [5.41, 5.74) is -2.88. The summed E-state index contributed by atoms with van der Waals surface area (Å²) in [5, 5.41) is 30.1. The maximum absolute atomic E-state index is 11.7. The Morgan fingerprint density at radius 1 is 1.24 bits per heavy atom. The van der Waals surface area contributed by atoms with Crippen LogP contribution < -0.4 is 0 Å². The number of aliphatic carboxylic acids is 1. The van der Waals surface area contributed by atoms with Crippen molar-refractivity contribution >= 4 is 23.7 Å². The fraction of sp³-hybridized carbons (Fsp3) is 0.429. The van der Waals surface area contributed by atoms with Crippen LogP contribution in [-0.4, -0.2) is 45.4 Å². The average Bonchev–Trinajstić information content (AvgIpc) is 2.42. The third-order valence-corrected chi connectivity index (χ3v) is 4.48. The van der Waals surface area contributed by atoms with Crippen molar-refractivity contribution in [1.82, 2.24) is 4.90 Å². The monoisotopic (exact) mass is 313 g/mol. The topological polar surface area (TPSA) is 98.1 Å². The summed E-state index contributed by atoms with van der Waals surface area (Å²) in [6, 6.07) is 6.28. The van der Waals surface area contributed by atoms with Crippen molar-refractivity contribution in [2.24, 2.45) is 5.41 Å².